The lowest BCUT2D eigenvalue weighted by molar-refractivity contribution is -0.137. The zero-order chi connectivity index (χ0) is 19.6. The van der Waals surface area contributed by atoms with Crippen LogP contribution in [0, 0.1) is 17.8 Å². The van der Waals surface area contributed by atoms with Crippen molar-refractivity contribution in [3.8, 4) is 0 Å². The number of alkyl halides is 3. The van der Waals surface area contributed by atoms with Gasteiger partial charge in [-0.05, 0) is 84.4 Å². The summed E-state index contributed by atoms with van der Waals surface area (Å²) < 4.78 is 39.7. The first-order chi connectivity index (χ1) is 13.3. The van der Waals surface area contributed by atoms with Gasteiger partial charge in [-0.2, -0.15) is 13.2 Å². The Morgan fingerprint density at radius 2 is 1.86 bits per heavy atom. The molecule has 0 unspecified atom stereocenters. The molecule has 3 nitrogen and oxygen atoms in total. The smallest absolute Gasteiger partial charge is 0.416 e. The molecule has 0 saturated heterocycles. The van der Waals surface area contributed by atoms with Crippen molar-refractivity contribution in [1.82, 2.24) is 0 Å². The zero-order valence-electron chi connectivity index (χ0n) is 15.0. The predicted octanol–water partition coefficient (Wildman–Crippen LogP) is 5.70. The fourth-order valence-electron chi connectivity index (χ4n) is 5.86. The van der Waals surface area contributed by atoms with Crippen LogP contribution < -0.4 is 5.32 Å². The topological polar surface area (TPSA) is 49.3 Å². The van der Waals surface area contributed by atoms with Crippen LogP contribution in [-0.2, 0) is 6.18 Å². The molecule has 2 aromatic carbocycles. The molecule has 0 aromatic heterocycles. The summed E-state index contributed by atoms with van der Waals surface area (Å²) in [5.74, 6) is 0.381. The number of halogens is 3. The van der Waals surface area contributed by atoms with Gasteiger partial charge in [0.25, 0.3) is 0 Å². The summed E-state index contributed by atoms with van der Waals surface area (Å²) in [5.41, 5.74) is 2.16. The number of hydrogen-bond donors (Lipinski definition) is 2. The Kier molecular flexibility index (Phi) is 3.77. The summed E-state index contributed by atoms with van der Waals surface area (Å²) in [5, 5.41) is 12.8. The summed E-state index contributed by atoms with van der Waals surface area (Å²) in [7, 11) is 0. The minimum atomic E-state index is -4.37. The van der Waals surface area contributed by atoms with Crippen molar-refractivity contribution in [3.05, 3.63) is 64.7 Å². The molecule has 5 atom stereocenters. The Morgan fingerprint density at radius 3 is 2.61 bits per heavy atom. The molecule has 0 amide bonds. The zero-order valence-corrected chi connectivity index (χ0v) is 15.0. The lowest BCUT2D eigenvalue weighted by atomic mass is 9.68. The van der Waals surface area contributed by atoms with E-state index in [0.29, 0.717) is 17.4 Å². The van der Waals surface area contributed by atoms with Crippen LogP contribution in [0.1, 0.15) is 58.3 Å². The van der Waals surface area contributed by atoms with E-state index < -0.39 is 17.7 Å². The van der Waals surface area contributed by atoms with Gasteiger partial charge in [-0.3, -0.25) is 0 Å². The van der Waals surface area contributed by atoms with Crippen LogP contribution in [-0.4, -0.2) is 11.1 Å². The highest BCUT2D eigenvalue weighted by Gasteiger charge is 2.54. The lowest BCUT2D eigenvalue weighted by Crippen LogP contribution is -2.35. The fraction of sp³-hybridized carbons (Fsp3) is 0.409. The molecule has 2 N–H and O–H groups in total. The van der Waals surface area contributed by atoms with Crippen molar-refractivity contribution in [2.45, 2.75) is 37.4 Å². The van der Waals surface area contributed by atoms with Gasteiger partial charge >= 0.3 is 12.1 Å². The Bertz CT molecular complexity index is 955. The number of aromatic carboxylic acids is 1. The molecule has 2 aromatic rings. The SMILES string of the molecule is O=C(O)c1ccc2c(c1)[C@H]1[C@@H]3CC[C@@H](C3)[C@@H]1[C@@H](c1cccc(C(F)(F)F)c1)N2. The van der Waals surface area contributed by atoms with Crippen LogP contribution in [0.2, 0.25) is 0 Å². The number of carbonyl (C=O) groups is 1. The maximum Gasteiger partial charge on any atom is 0.416 e. The minimum Gasteiger partial charge on any atom is -0.478 e. The van der Waals surface area contributed by atoms with Crippen LogP contribution in [0.3, 0.4) is 0 Å². The molecular weight excluding hydrogens is 367 g/mol. The van der Waals surface area contributed by atoms with E-state index in [1.54, 1.807) is 24.3 Å². The van der Waals surface area contributed by atoms with Gasteiger partial charge in [0.2, 0.25) is 0 Å². The van der Waals surface area contributed by atoms with Crippen molar-refractivity contribution in [3.63, 3.8) is 0 Å². The number of carboxylic acid groups (broad SMARTS) is 1. The molecule has 1 heterocycles. The minimum absolute atomic E-state index is 0.189. The van der Waals surface area contributed by atoms with Crippen LogP contribution >= 0.6 is 0 Å². The highest BCUT2D eigenvalue weighted by Crippen LogP contribution is 2.63. The largest absolute Gasteiger partial charge is 0.478 e. The van der Waals surface area contributed by atoms with E-state index in [9.17, 15) is 23.1 Å². The van der Waals surface area contributed by atoms with Crippen molar-refractivity contribution in [1.29, 1.82) is 0 Å². The second kappa shape index (κ2) is 6.00. The van der Waals surface area contributed by atoms with Crippen LogP contribution in [0.4, 0.5) is 18.9 Å². The van der Waals surface area contributed by atoms with E-state index in [1.807, 2.05) is 0 Å². The number of rotatable bonds is 2. The van der Waals surface area contributed by atoms with E-state index in [1.165, 1.54) is 12.1 Å². The normalized spacial score (nSPS) is 30.5. The number of anilines is 1. The predicted molar refractivity (Wildman–Crippen MR) is 98.3 cm³/mol. The van der Waals surface area contributed by atoms with Gasteiger partial charge in [-0.1, -0.05) is 12.1 Å². The van der Waals surface area contributed by atoms with Gasteiger partial charge in [0.15, 0.2) is 0 Å². The molecule has 3 aliphatic rings. The lowest BCUT2D eigenvalue weighted by Gasteiger charge is -2.43. The van der Waals surface area contributed by atoms with Gasteiger partial charge in [-0.15, -0.1) is 0 Å². The molecule has 0 radical (unpaired) electrons. The number of carboxylic acids is 1. The molecule has 0 spiro atoms. The molecular formula is C22H20F3NO2. The van der Waals surface area contributed by atoms with E-state index in [-0.39, 0.29) is 23.4 Å². The number of nitrogens with one attached hydrogen (secondary N) is 1. The maximum atomic E-state index is 13.2. The summed E-state index contributed by atoms with van der Waals surface area (Å²) >= 11 is 0. The molecule has 1 aliphatic heterocycles. The van der Waals surface area contributed by atoms with Crippen LogP contribution in [0.15, 0.2) is 42.5 Å². The van der Waals surface area contributed by atoms with E-state index in [0.717, 1.165) is 36.6 Å². The number of hydrogen-bond acceptors (Lipinski definition) is 2. The van der Waals surface area contributed by atoms with E-state index >= 15 is 0 Å². The summed E-state index contributed by atoms with van der Waals surface area (Å²) in [6, 6.07) is 10.5. The standard InChI is InChI=1S/C22H20F3NO2/c23-22(24,25)15-3-1-2-13(9-15)20-19-12-5-4-11(8-12)18(19)16-10-14(21(27)28)6-7-17(16)26-20/h1-3,6-7,9-12,18-20,26H,4-5,8H2,(H,27,28)/t11-,12+,18-,19+,20-/m1/s1. The highest BCUT2D eigenvalue weighted by atomic mass is 19.4. The fourth-order valence-corrected chi connectivity index (χ4v) is 5.86. The second-order valence-corrected chi connectivity index (χ2v) is 8.29. The van der Waals surface area contributed by atoms with E-state index in [4.69, 9.17) is 0 Å². The third-order valence-electron chi connectivity index (χ3n) is 6.91. The average molecular weight is 387 g/mol. The molecule has 6 heteroatoms. The second-order valence-electron chi connectivity index (χ2n) is 8.29. The van der Waals surface area contributed by atoms with Crippen LogP contribution in [0.5, 0.6) is 0 Å². The molecule has 2 bridgehead atoms. The Labute approximate surface area is 160 Å². The third kappa shape index (κ3) is 2.61. The van der Waals surface area contributed by atoms with Crippen molar-refractivity contribution in [2.75, 3.05) is 5.32 Å². The maximum absolute atomic E-state index is 13.2. The number of benzene rings is 2. The van der Waals surface area contributed by atoms with Gasteiger partial charge in [0.05, 0.1) is 17.2 Å². The van der Waals surface area contributed by atoms with Gasteiger partial charge in [0.1, 0.15) is 0 Å². The summed E-state index contributed by atoms with van der Waals surface area (Å²) in [6.45, 7) is 0. The first-order valence-electron chi connectivity index (χ1n) is 9.64. The van der Waals surface area contributed by atoms with Gasteiger partial charge in [-0.25, -0.2) is 4.79 Å². The van der Waals surface area contributed by atoms with Crippen molar-refractivity contribution in [2.24, 2.45) is 17.8 Å². The van der Waals surface area contributed by atoms with Gasteiger partial charge in [0, 0.05) is 5.69 Å². The Morgan fingerprint density at radius 1 is 1.07 bits per heavy atom. The molecule has 2 saturated carbocycles. The first-order valence-corrected chi connectivity index (χ1v) is 9.64. The van der Waals surface area contributed by atoms with Crippen molar-refractivity contribution >= 4 is 11.7 Å². The third-order valence-corrected chi connectivity index (χ3v) is 6.91. The van der Waals surface area contributed by atoms with Crippen molar-refractivity contribution < 1.29 is 23.1 Å². The van der Waals surface area contributed by atoms with Gasteiger partial charge < -0.3 is 10.4 Å². The highest BCUT2D eigenvalue weighted by molar-refractivity contribution is 5.88. The average Bonchev–Trinajstić information content (AvgIpc) is 3.29. The monoisotopic (exact) mass is 387 g/mol. The number of fused-ring (bicyclic) bond motifs is 7. The quantitative estimate of drug-likeness (QED) is 0.695. The molecule has 28 heavy (non-hydrogen) atoms. The van der Waals surface area contributed by atoms with E-state index in [2.05, 4.69) is 5.32 Å². The first kappa shape index (κ1) is 17.6. The summed E-state index contributed by atoms with van der Waals surface area (Å²) in [6.07, 6.45) is -1.09. The Hall–Kier alpha value is -2.50. The Balaban J connectivity index is 1.61. The summed E-state index contributed by atoms with van der Waals surface area (Å²) in [4.78, 5) is 11.4. The molecule has 2 fully saturated rings. The molecule has 5 rings (SSSR count). The molecule has 2 aliphatic carbocycles. The van der Waals surface area contributed by atoms with Crippen LogP contribution in [0.25, 0.3) is 0 Å². The molecule has 146 valence electrons.